The molecule has 2 rings (SSSR count). The Bertz CT molecular complexity index is 916. The average Bonchev–Trinajstić information content (AvgIpc) is 3.21. The number of carbonyl (C=O) groups is 1. The van der Waals surface area contributed by atoms with Crippen molar-refractivity contribution in [2.45, 2.75) is 39.3 Å². The van der Waals surface area contributed by atoms with Gasteiger partial charge in [-0.2, -0.15) is 9.40 Å². The molecule has 1 atom stereocenters. The maximum absolute atomic E-state index is 12.5. The van der Waals surface area contributed by atoms with Gasteiger partial charge in [-0.15, -0.1) is 11.3 Å². The Morgan fingerprint density at radius 3 is 2.70 bits per heavy atom. The molecule has 0 saturated carbocycles. The van der Waals surface area contributed by atoms with E-state index in [-0.39, 0.29) is 11.9 Å². The molecule has 2 N–H and O–H groups in total. The monoisotopic (exact) mass is 431 g/mol. The normalized spacial score (nSPS) is 13.3. The highest BCUT2D eigenvalue weighted by Crippen LogP contribution is 2.25. The molecule has 2 aromatic heterocycles. The number of hydrogen-bond acceptors (Lipinski definition) is 6. The van der Waals surface area contributed by atoms with Crippen LogP contribution >= 0.6 is 23.6 Å². The van der Waals surface area contributed by atoms with E-state index in [0.29, 0.717) is 30.1 Å². The molecule has 2 aromatic rings. The highest BCUT2D eigenvalue weighted by atomic mass is 32.2. The van der Waals surface area contributed by atoms with E-state index in [4.69, 9.17) is 12.2 Å². The summed E-state index contributed by atoms with van der Waals surface area (Å²) in [6.07, 6.45) is 1.72. The van der Waals surface area contributed by atoms with E-state index >= 15 is 0 Å². The number of amides is 1. The van der Waals surface area contributed by atoms with Crippen LogP contribution in [0.15, 0.2) is 17.5 Å². The summed E-state index contributed by atoms with van der Waals surface area (Å²) in [6, 6.07) is 3.18. The first-order valence-electron chi connectivity index (χ1n) is 8.58. The first-order chi connectivity index (χ1) is 12.6. The molecular formula is C16H25N5O3S3. The van der Waals surface area contributed by atoms with Crippen LogP contribution in [0.2, 0.25) is 0 Å². The summed E-state index contributed by atoms with van der Waals surface area (Å²) in [6.45, 7) is 6.15. The summed E-state index contributed by atoms with van der Waals surface area (Å²) in [5, 5.41) is 11.8. The van der Waals surface area contributed by atoms with Crippen LogP contribution in [-0.2, 0) is 14.8 Å². The molecule has 0 bridgehead atoms. The fourth-order valence-corrected chi connectivity index (χ4v) is 4.99. The van der Waals surface area contributed by atoms with Crippen molar-refractivity contribution in [1.29, 1.82) is 0 Å². The number of sulfonamides is 1. The molecule has 27 heavy (non-hydrogen) atoms. The first-order valence-corrected chi connectivity index (χ1v) is 11.7. The van der Waals surface area contributed by atoms with Gasteiger partial charge < -0.3 is 5.32 Å². The van der Waals surface area contributed by atoms with Gasteiger partial charge in [0.15, 0.2) is 10.6 Å². The Balaban J connectivity index is 1.98. The van der Waals surface area contributed by atoms with Crippen LogP contribution in [0.3, 0.4) is 0 Å². The van der Waals surface area contributed by atoms with Gasteiger partial charge in [-0.05, 0) is 50.9 Å². The molecule has 0 aliphatic heterocycles. The lowest BCUT2D eigenvalue weighted by Crippen LogP contribution is -2.39. The molecule has 0 aliphatic rings. The minimum absolute atomic E-state index is 0.118. The largest absolute Gasteiger partial charge is 0.354 e. The molecular weight excluding hydrogens is 406 g/mol. The molecule has 0 saturated heterocycles. The summed E-state index contributed by atoms with van der Waals surface area (Å²) in [5.74, 6) is 0.432. The number of carbonyl (C=O) groups excluding carboxylic acids is 1. The summed E-state index contributed by atoms with van der Waals surface area (Å²) < 4.78 is 27.0. The summed E-state index contributed by atoms with van der Waals surface area (Å²) in [7, 11) is -3.26. The second-order valence-electron chi connectivity index (χ2n) is 6.49. The van der Waals surface area contributed by atoms with E-state index in [1.165, 1.54) is 21.9 Å². The van der Waals surface area contributed by atoms with Crippen LogP contribution in [0, 0.1) is 4.77 Å². The molecule has 0 radical (unpaired) electrons. The zero-order valence-corrected chi connectivity index (χ0v) is 18.2. The standard InChI is InChI=1S/C16H25N5O3S3/c1-11(2)20(27(4,23)24)9-6-8-17-15(22)12(3)21-14(18-19-16(21)25)13-7-5-10-26-13/h5,7,10-12H,6,8-9H2,1-4H3,(H,17,22)(H,19,25)/t12-/m1/s1. The maximum Gasteiger partial charge on any atom is 0.242 e. The number of aromatic amines is 1. The van der Waals surface area contributed by atoms with Gasteiger partial charge in [-0.1, -0.05) is 6.07 Å². The second kappa shape index (κ2) is 9.09. The predicted octanol–water partition coefficient (Wildman–Crippen LogP) is 2.41. The number of hydrogen-bond donors (Lipinski definition) is 2. The van der Waals surface area contributed by atoms with E-state index in [1.54, 1.807) is 11.5 Å². The van der Waals surface area contributed by atoms with Crippen molar-refractivity contribution < 1.29 is 13.2 Å². The van der Waals surface area contributed by atoms with Gasteiger partial charge in [-0.3, -0.25) is 14.5 Å². The summed E-state index contributed by atoms with van der Waals surface area (Å²) in [4.78, 5) is 13.5. The number of aromatic nitrogens is 3. The Morgan fingerprint density at radius 2 is 2.15 bits per heavy atom. The zero-order chi connectivity index (χ0) is 20.2. The molecule has 2 heterocycles. The fraction of sp³-hybridized carbons (Fsp3) is 0.562. The Labute approximate surface area is 168 Å². The number of thiophene rings is 1. The van der Waals surface area contributed by atoms with Gasteiger partial charge in [-0.25, -0.2) is 8.42 Å². The number of rotatable bonds is 9. The average molecular weight is 432 g/mol. The SMILES string of the molecule is CC(C)N(CCCNC(=O)[C@@H](C)n1c(-c2cccs2)n[nH]c1=S)S(C)(=O)=O. The fourth-order valence-electron chi connectivity index (χ4n) is 2.76. The highest BCUT2D eigenvalue weighted by Gasteiger charge is 2.22. The topological polar surface area (TPSA) is 100 Å². The smallest absolute Gasteiger partial charge is 0.242 e. The molecule has 1 amide bonds. The molecule has 0 unspecified atom stereocenters. The first kappa shape index (κ1) is 21.7. The van der Waals surface area contributed by atoms with Crippen LogP contribution in [0.4, 0.5) is 0 Å². The molecule has 0 spiro atoms. The molecule has 0 fully saturated rings. The van der Waals surface area contributed by atoms with Crippen molar-refractivity contribution in [2.75, 3.05) is 19.3 Å². The van der Waals surface area contributed by atoms with E-state index in [2.05, 4.69) is 15.5 Å². The molecule has 150 valence electrons. The van der Waals surface area contributed by atoms with Gasteiger partial charge in [0.2, 0.25) is 15.9 Å². The van der Waals surface area contributed by atoms with Crippen molar-refractivity contribution in [3.05, 3.63) is 22.3 Å². The number of H-pyrrole nitrogens is 1. The van der Waals surface area contributed by atoms with Crippen molar-refractivity contribution >= 4 is 39.5 Å². The number of nitrogens with zero attached hydrogens (tertiary/aromatic N) is 3. The van der Waals surface area contributed by atoms with Gasteiger partial charge in [0.05, 0.1) is 11.1 Å². The molecule has 0 aliphatic carbocycles. The lowest BCUT2D eigenvalue weighted by atomic mass is 10.3. The van der Waals surface area contributed by atoms with Crippen LogP contribution in [0.25, 0.3) is 10.7 Å². The third kappa shape index (κ3) is 5.47. The van der Waals surface area contributed by atoms with Crippen molar-refractivity contribution in [3.8, 4) is 10.7 Å². The molecule has 8 nitrogen and oxygen atoms in total. The van der Waals surface area contributed by atoms with E-state index in [1.807, 2.05) is 31.4 Å². The second-order valence-corrected chi connectivity index (χ2v) is 9.76. The van der Waals surface area contributed by atoms with Crippen LogP contribution in [-0.4, -0.2) is 58.8 Å². The lowest BCUT2D eigenvalue weighted by Gasteiger charge is -2.24. The van der Waals surface area contributed by atoms with Crippen molar-refractivity contribution in [2.24, 2.45) is 0 Å². The maximum atomic E-state index is 12.5. The Morgan fingerprint density at radius 1 is 1.44 bits per heavy atom. The van der Waals surface area contributed by atoms with E-state index < -0.39 is 16.1 Å². The third-order valence-electron chi connectivity index (χ3n) is 4.07. The van der Waals surface area contributed by atoms with Gasteiger partial charge >= 0.3 is 0 Å². The third-order valence-corrected chi connectivity index (χ3v) is 6.68. The van der Waals surface area contributed by atoms with Crippen LogP contribution in [0.1, 0.15) is 33.2 Å². The Kier molecular flexibility index (Phi) is 7.32. The number of nitrogens with one attached hydrogen (secondary N) is 2. The minimum Gasteiger partial charge on any atom is -0.354 e. The van der Waals surface area contributed by atoms with E-state index in [9.17, 15) is 13.2 Å². The van der Waals surface area contributed by atoms with Crippen molar-refractivity contribution in [1.82, 2.24) is 24.4 Å². The van der Waals surface area contributed by atoms with Crippen LogP contribution in [0.5, 0.6) is 0 Å². The highest BCUT2D eigenvalue weighted by molar-refractivity contribution is 7.88. The zero-order valence-electron chi connectivity index (χ0n) is 15.8. The lowest BCUT2D eigenvalue weighted by molar-refractivity contribution is -0.123. The van der Waals surface area contributed by atoms with Gasteiger partial charge in [0, 0.05) is 19.1 Å². The van der Waals surface area contributed by atoms with E-state index in [0.717, 1.165) is 4.88 Å². The molecule has 0 aromatic carbocycles. The van der Waals surface area contributed by atoms with Crippen molar-refractivity contribution in [3.63, 3.8) is 0 Å². The van der Waals surface area contributed by atoms with Gasteiger partial charge in [0.1, 0.15) is 6.04 Å². The summed E-state index contributed by atoms with van der Waals surface area (Å²) >= 11 is 6.80. The summed E-state index contributed by atoms with van der Waals surface area (Å²) in [5.41, 5.74) is 0. The minimum atomic E-state index is -3.26. The van der Waals surface area contributed by atoms with Gasteiger partial charge in [0.25, 0.3) is 0 Å². The quantitative estimate of drug-likeness (QED) is 0.469. The Hall–Kier alpha value is -1.56. The van der Waals surface area contributed by atoms with Crippen LogP contribution < -0.4 is 5.32 Å². The predicted molar refractivity (Wildman–Crippen MR) is 110 cm³/mol. The molecule has 11 heteroatoms.